The summed E-state index contributed by atoms with van der Waals surface area (Å²) in [6.07, 6.45) is 2.57. The van der Waals surface area contributed by atoms with Crippen molar-refractivity contribution in [2.75, 3.05) is 26.0 Å². The minimum atomic E-state index is 0.624. The monoisotopic (exact) mass is 177 g/mol. The maximum atomic E-state index is 5.70. The average molecular weight is 178 g/mol. The molecule has 0 saturated heterocycles. The molecule has 0 radical (unpaired) electrons. The van der Waals surface area contributed by atoms with E-state index >= 15 is 0 Å². The summed E-state index contributed by atoms with van der Waals surface area (Å²) in [6, 6.07) is 0. The van der Waals surface area contributed by atoms with Crippen LogP contribution < -0.4 is 0 Å². The highest BCUT2D eigenvalue weighted by atomic mass is 35.5. The van der Waals surface area contributed by atoms with E-state index < -0.39 is 0 Å². The largest absolute Gasteiger partial charge is 0.306 e. The lowest BCUT2D eigenvalue weighted by Crippen LogP contribution is -2.26. The van der Waals surface area contributed by atoms with Crippen LogP contribution in [0.1, 0.15) is 26.7 Å². The zero-order chi connectivity index (χ0) is 8.69. The molecule has 0 aromatic carbocycles. The van der Waals surface area contributed by atoms with E-state index in [4.69, 9.17) is 11.6 Å². The van der Waals surface area contributed by atoms with E-state index in [2.05, 4.69) is 25.8 Å². The van der Waals surface area contributed by atoms with Crippen molar-refractivity contribution in [2.45, 2.75) is 26.7 Å². The molecule has 1 unspecified atom stereocenters. The number of hydrogen-bond donors (Lipinski definition) is 0. The average Bonchev–Trinajstić information content (AvgIpc) is 2.00. The van der Waals surface area contributed by atoms with Crippen LogP contribution in [0.2, 0.25) is 0 Å². The molecule has 2 heteroatoms. The smallest absolute Gasteiger partial charge is 0.0261 e. The number of nitrogens with zero attached hydrogens (tertiary/aromatic N) is 1. The third-order valence-electron chi connectivity index (χ3n) is 1.78. The van der Waals surface area contributed by atoms with Gasteiger partial charge in [-0.15, -0.1) is 11.6 Å². The molecule has 0 rings (SSSR count). The van der Waals surface area contributed by atoms with E-state index in [9.17, 15) is 0 Å². The Bertz CT molecular complexity index is 85.6. The highest BCUT2D eigenvalue weighted by Gasteiger charge is 2.03. The molecule has 0 amide bonds. The van der Waals surface area contributed by atoms with Crippen LogP contribution in [0.3, 0.4) is 0 Å². The second-order valence-electron chi connectivity index (χ2n) is 3.38. The molecular weight excluding hydrogens is 158 g/mol. The van der Waals surface area contributed by atoms with Gasteiger partial charge in [-0.1, -0.05) is 20.3 Å². The summed E-state index contributed by atoms with van der Waals surface area (Å²) in [5, 5.41) is 0. The number of unbranched alkanes of at least 4 members (excludes halogenated alkanes) is 1. The normalized spacial score (nSPS) is 13.9. The zero-order valence-electron chi connectivity index (χ0n) is 7.94. The van der Waals surface area contributed by atoms with E-state index in [-0.39, 0.29) is 0 Å². The van der Waals surface area contributed by atoms with Gasteiger partial charge in [0.1, 0.15) is 0 Å². The summed E-state index contributed by atoms with van der Waals surface area (Å²) >= 11 is 5.70. The molecule has 0 aromatic heterocycles. The molecule has 0 aromatic rings. The molecule has 0 spiro atoms. The predicted octanol–water partition coefficient (Wildman–Crippen LogP) is 2.59. The Kier molecular flexibility index (Phi) is 7.09. The molecule has 0 heterocycles. The Hall–Kier alpha value is 0.250. The number of hydrogen-bond acceptors (Lipinski definition) is 1. The highest BCUT2D eigenvalue weighted by molar-refractivity contribution is 6.18. The van der Waals surface area contributed by atoms with Gasteiger partial charge in [-0.3, -0.25) is 0 Å². The maximum Gasteiger partial charge on any atom is 0.0261 e. The van der Waals surface area contributed by atoms with Gasteiger partial charge in [0, 0.05) is 12.4 Å². The third-order valence-corrected chi connectivity index (χ3v) is 2.31. The van der Waals surface area contributed by atoms with Gasteiger partial charge in [0.25, 0.3) is 0 Å². The van der Waals surface area contributed by atoms with E-state index in [1.54, 1.807) is 0 Å². The van der Waals surface area contributed by atoms with Gasteiger partial charge in [0.2, 0.25) is 0 Å². The van der Waals surface area contributed by atoms with Gasteiger partial charge in [-0.05, 0) is 25.9 Å². The van der Waals surface area contributed by atoms with Crippen molar-refractivity contribution >= 4 is 11.6 Å². The molecule has 11 heavy (non-hydrogen) atoms. The molecule has 1 nitrogen and oxygen atoms in total. The Labute approximate surface area is 75.7 Å². The minimum absolute atomic E-state index is 0.624. The van der Waals surface area contributed by atoms with Crippen LogP contribution in [-0.4, -0.2) is 30.9 Å². The van der Waals surface area contributed by atoms with Crippen molar-refractivity contribution in [3.05, 3.63) is 0 Å². The van der Waals surface area contributed by atoms with Gasteiger partial charge in [-0.2, -0.15) is 0 Å². The Morgan fingerprint density at radius 2 is 2.09 bits per heavy atom. The molecular formula is C9H20ClN. The summed E-state index contributed by atoms with van der Waals surface area (Å²) in [5.74, 6) is 1.40. The van der Waals surface area contributed by atoms with Crippen molar-refractivity contribution in [3.63, 3.8) is 0 Å². The summed E-state index contributed by atoms with van der Waals surface area (Å²) in [4.78, 5) is 2.36. The van der Waals surface area contributed by atoms with Gasteiger partial charge in [0.05, 0.1) is 0 Å². The molecule has 1 atom stereocenters. The fraction of sp³-hybridized carbons (Fsp3) is 1.00. The fourth-order valence-electron chi connectivity index (χ4n) is 1.10. The van der Waals surface area contributed by atoms with Crippen molar-refractivity contribution in [3.8, 4) is 0 Å². The lowest BCUT2D eigenvalue weighted by Gasteiger charge is -2.19. The first-order valence-corrected chi connectivity index (χ1v) is 4.98. The number of alkyl halides is 1. The van der Waals surface area contributed by atoms with Crippen LogP contribution in [0.15, 0.2) is 0 Å². The van der Waals surface area contributed by atoms with E-state index in [0.717, 1.165) is 12.4 Å². The van der Waals surface area contributed by atoms with Crippen molar-refractivity contribution in [2.24, 2.45) is 5.92 Å². The topological polar surface area (TPSA) is 3.24 Å². The van der Waals surface area contributed by atoms with Gasteiger partial charge in [-0.25, -0.2) is 0 Å². The van der Waals surface area contributed by atoms with Gasteiger partial charge >= 0.3 is 0 Å². The first kappa shape index (κ1) is 11.2. The van der Waals surface area contributed by atoms with Gasteiger partial charge in [0.15, 0.2) is 0 Å². The third kappa shape index (κ3) is 6.64. The van der Waals surface area contributed by atoms with Crippen molar-refractivity contribution in [1.29, 1.82) is 0 Å². The van der Waals surface area contributed by atoms with E-state index in [1.165, 1.54) is 19.4 Å². The quantitative estimate of drug-likeness (QED) is 0.564. The Morgan fingerprint density at radius 1 is 1.45 bits per heavy atom. The minimum Gasteiger partial charge on any atom is -0.306 e. The lowest BCUT2D eigenvalue weighted by atomic mass is 10.2. The first-order valence-electron chi connectivity index (χ1n) is 4.45. The predicted molar refractivity (Wildman–Crippen MR) is 52.3 cm³/mol. The lowest BCUT2D eigenvalue weighted by molar-refractivity contribution is 0.293. The highest BCUT2D eigenvalue weighted by Crippen LogP contribution is 2.01. The van der Waals surface area contributed by atoms with Crippen LogP contribution in [0.25, 0.3) is 0 Å². The summed E-state index contributed by atoms with van der Waals surface area (Å²) in [6.45, 7) is 6.75. The molecule has 0 bridgehead atoms. The van der Waals surface area contributed by atoms with Gasteiger partial charge < -0.3 is 4.90 Å². The molecule has 0 aliphatic heterocycles. The summed E-state index contributed by atoms with van der Waals surface area (Å²) in [7, 11) is 2.17. The number of rotatable bonds is 6. The molecule has 0 N–H and O–H groups in total. The zero-order valence-corrected chi connectivity index (χ0v) is 8.69. The second kappa shape index (κ2) is 6.93. The van der Waals surface area contributed by atoms with Crippen LogP contribution in [0.5, 0.6) is 0 Å². The standard InChI is InChI=1S/C9H20ClN/c1-4-5-6-11(3)8-9(2)7-10/h9H,4-8H2,1-3H3. The molecule has 0 fully saturated rings. The molecule has 0 aliphatic rings. The fourth-order valence-corrected chi connectivity index (χ4v) is 1.20. The molecule has 68 valence electrons. The summed E-state index contributed by atoms with van der Waals surface area (Å²) in [5.41, 5.74) is 0. The van der Waals surface area contributed by atoms with Crippen LogP contribution in [-0.2, 0) is 0 Å². The Balaban J connectivity index is 3.27. The molecule has 0 aliphatic carbocycles. The van der Waals surface area contributed by atoms with Crippen molar-refractivity contribution in [1.82, 2.24) is 4.90 Å². The number of halogens is 1. The van der Waals surface area contributed by atoms with Crippen LogP contribution >= 0.6 is 11.6 Å². The van der Waals surface area contributed by atoms with E-state index in [0.29, 0.717) is 5.92 Å². The first-order chi connectivity index (χ1) is 5.20. The molecule has 0 saturated carbocycles. The maximum absolute atomic E-state index is 5.70. The Morgan fingerprint density at radius 3 is 2.55 bits per heavy atom. The second-order valence-corrected chi connectivity index (χ2v) is 3.68. The van der Waals surface area contributed by atoms with Crippen molar-refractivity contribution < 1.29 is 0 Å². The van der Waals surface area contributed by atoms with Crippen LogP contribution in [0, 0.1) is 5.92 Å². The van der Waals surface area contributed by atoms with E-state index in [1.807, 2.05) is 0 Å². The van der Waals surface area contributed by atoms with Crippen LogP contribution in [0.4, 0.5) is 0 Å². The summed E-state index contributed by atoms with van der Waals surface area (Å²) < 4.78 is 0. The SMILES string of the molecule is CCCCN(C)CC(C)CCl.